The summed E-state index contributed by atoms with van der Waals surface area (Å²) < 4.78 is 0. The Morgan fingerprint density at radius 1 is 0.970 bits per heavy atom. The number of hydrogen-bond acceptors (Lipinski definition) is 6. The van der Waals surface area contributed by atoms with Gasteiger partial charge < -0.3 is 37.2 Å². The van der Waals surface area contributed by atoms with Crippen molar-refractivity contribution in [1.29, 1.82) is 0 Å². The fourth-order valence-corrected chi connectivity index (χ4v) is 2.86. The van der Waals surface area contributed by atoms with Gasteiger partial charge in [0.2, 0.25) is 17.7 Å². The van der Waals surface area contributed by atoms with Crippen molar-refractivity contribution in [1.82, 2.24) is 15.5 Å². The van der Waals surface area contributed by atoms with Gasteiger partial charge in [-0.1, -0.05) is 20.3 Å². The second-order valence-electron chi connectivity index (χ2n) is 8.11. The zero-order valence-corrected chi connectivity index (χ0v) is 19.4. The number of likely N-dealkylation sites (N-methyl/N-ethyl adjacent to an activating group) is 1. The average Bonchev–Trinajstić information content (AvgIpc) is 2.68. The molecule has 0 aromatic heterocycles. The Morgan fingerprint density at radius 2 is 1.61 bits per heavy atom. The smallest absolute Gasteiger partial charge is 0.326 e. The number of rotatable bonds is 16. The largest absolute Gasteiger partial charge is 0.481 e. The monoisotopic (exact) mass is 472 g/mol. The molecule has 0 aromatic carbocycles. The van der Waals surface area contributed by atoms with Gasteiger partial charge in [0.15, 0.2) is 5.96 Å². The third kappa shape index (κ3) is 14.3. The first kappa shape index (κ1) is 29.6. The number of amides is 3. The van der Waals surface area contributed by atoms with Gasteiger partial charge in [0, 0.05) is 20.0 Å². The standard InChI is InChI=1S/C20H36N6O7/c1-12(2)9-14(19(32)33)25-18(31)13(10-17(29)30)24-15(27)11-26(3)16(28)7-5-4-6-8-23-20(21)22/h12-14H,4-11H2,1-3H3,(H,24,27)(H,25,31)(H,29,30)(H,32,33)(H4,21,22,23)/t13-,14-/m0/s1. The number of aliphatic imine (C=N–C) groups is 1. The molecule has 0 bridgehead atoms. The Bertz CT molecular complexity index is 722. The molecule has 3 amide bonds. The molecule has 0 aliphatic rings. The van der Waals surface area contributed by atoms with Crippen LogP contribution in [0, 0.1) is 5.92 Å². The average molecular weight is 473 g/mol. The zero-order chi connectivity index (χ0) is 25.6. The maximum absolute atomic E-state index is 12.4. The molecule has 8 N–H and O–H groups in total. The lowest BCUT2D eigenvalue weighted by atomic mass is 10.0. The van der Waals surface area contributed by atoms with E-state index in [4.69, 9.17) is 16.6 Å². The molecule has 0 unspecified atom stereocenters. The van der Waals surface area contributed by atoms with Crippen LogP contribution in [0.25, 0.3) is 0 Å². The maximum Gasteiger partial charge on any atom is 0.326 e. The van der Waals surface area contributed by atoms with Crippen molar-refractivity contribution in [3.8, 4) is 0 Å². The summed E-state index contributed by atoms with van der Waals surface area (Å²) in [6.45, 7) is 3.62. The third-order valence-corrected chi connectivity index (χ3v) is 4.50. The van der Waals surface area contributed by atoms with Gasteiger partial charge in [0.05, 0.1) is 13.0 Å². The van der Waals surface area contributed by atoms with Gasteiger partial charge >= 0.3 is 11.9 Å². The fraction of sp³-hybridized carbons (Fsp3) is 0.700. The topological polar surface area (TPSA) is 218 Å². The Hall–Kier alpha value is -3.38. The Morgan fingerprint density at radius 3 is 2.12 bits per heavy atom. The normalized spacial score (nSPS) is 12.4. The molecule has 0 saturated carbocycles. The van der Waals surface area contributed by atoms with Crippen LogP contribution in [0.4, 0.5) is 0 Å². The van der Waals surface area contributed by atoms with E-state index in [9.17, 15) is 29.1 Å². The van der Waals surface area contributed by atoms with Gasteiger partial charge in [-0.3, -0.25) is 24.2 Å². The highest BCUT2D eigenvalue weighted by Crippen LogP contribution is 2.06. The number of nitrogens with zero attached hydrogens (tertiary/aromatic N) is 2. The van der Waals surface area contributed by atoms with Crippen LogP contribution < -0.4 is 22.1 Å². The molecule has 0 radical (unpaired) electrons. The molecular weight excluding hydrogens is 436 g/mol. The molecule has 0 rings (SSSR count). The van der Waals surface area contributed by atoms with Gasteiger partial charge in [-0.25, -0.2) is 4.79 Å². The quantitative estimate of drug-likeness (QED) is 0.0906. The second-order valence-corrected chi connectivity index (χ2v) is 8.11. The Balaban J connectivity index is 4.76. The van der Waals surface area contributed by atoms with Crippen LogP contribution in [-0.4, -0.2) is 83.0 Å². The highest BCUT2D eigenvalue weighted by atomic mass is 16.4. The molecule has 13 heteroatoms. The number of carbonyl (C=O) groups excluding carboxylic acids is 3. The minimum absolute atomic E-state index is 0.00473. The van der Waals surface area contributed by atoms with Crippen LogP contribution in [0.5, 0.6) is 0 Å². The van der Waals surface area contributed by atoms with Crippen molar-refractivity contribution in [2.75, 3.05) is 20.1 Å². The first-order valence-electron chi connectivity index (χ1n) is 10.7. The van der Waals surface area contributed by atoms with Crippen molar-refractivity contribution >= 4 is 35.6 Å². The number of carboxylic acid groups (broad SMARTS) is 2. The van der Waals surface area contributed by atoms with Crippen LogP contribution in [0.1, 0.15) is 52.4 Å². The number of nitrogens with two attached hydrogens (primary N) is 2. The van der Waals surface area contributed by atoms with E-state index in [2.05, 4.69) is 15.6 Å². The van der Waals surface area contributed by atoms with Crippen molar-refractivity contribution in [2.24, 2.45) is 22.4 Å². The van der Waals surface area contributed by atoms with E-state index in [-0.39, 0.29) is 37.2 Å². The lowest BCUT2D eigenvalue weighted by Crippen LogP contribution is -2.54. The highest BCUT2D eigenvalue weighted by Gasteiger charge is 2.29. The molecule has 0 aliphatic heterocycles. The maximum atomic E-state index is 12.4. The molecule has 188 valence electrons. The van der Waals surface area contributed by atoms with E-state index in [0.29, 0.717) is 25.8 Å². The number of nitrogens with one attached hydrogen (secondary N) is 2. The summed E-state index contributed by atoms with van der Waals surface area (Å²) in [5.41, 5.74) is 10.4. The van der Waals surface area contributed by atoms with Crippen LogP contribution in [0.15, 0.2) is 4.99 Å². The molecule has 33 heavy (non-hydrogen) atoms. The van der Waals surface area contributed by atoms with E-state index in [1.54, 1.807) is 13.8 Å². The summed E-state index contributed by atoms with van der Waals surface area (Å²) in [6.07, 6.45) is 1.58. The number of carbonyl (C=O) groups is 5. The second kappa shape index (κ2) is 15.4. The molecule has 13 nitrogen and oxygen atoms in total. The SMILES string of the molecule is CC(C)C[C@H](NC(=O)[C@H](CC(=O)O)NC(=O)CN(C)C(=O)CCCCCN=C(N)N)C(=O)O. The fourth-order valence-electron chi connectivity index (χ4n) is 2.86. The molecular formula is C20H36N6O7. The lowest BCUT2D eigenvalue weighted by molar-refractivity contribution is -0.144. The summed E-state index contributed by atoms with van der Waals surface area (Å²) in [7, 11) is 1.41. The van der Waals surface area contributed by atoms with Gasteiger partial charge in [0.25, 0.3) is 0 Å². The van der Waals surface area contributed by atoms with Crippen LogP contribution in [0.2, 0.25) is 0 Å². The van der Waals surface area contributed by atoms with Gasteiger partial charge in [-0.05, 0) is 25.2 Å². The molecule has 0 spiro atoms. The summed E-state index contributed by atoms with van der Waals surface area (Å²) in [6, 6.07) is -2.70. The van der Waals surface area contributed by atoms with Crippen molar-refractivity contribution in [3.05, 3.63) is 0 Å². The van der Waals surface area contributed by atoms with Crippen molar-refractivity contribution in [2.45, 2.75) is 64.5 Å². The number of unbranched alkanes of at least 4 members (excludes halogenated alkanes) is 2. The number of guanidine groups is 1. The van der Waals surface area contributed by atoms with Crippen molar-refractivity contribution < 1.29 is 34.2 Å². The van der Waals surface area contributed by atoms with E-state index in [1.165, 1.54) is 11.9 Å². The van der Waals surface area contributed by atoms with E-state index >= 15 is 0 Å². The molecule has 0 aromatic rings. The highest BCUT2D eigenvalue weighted by molar-refractivity contribution is 5.94. The molecule has 0 heterocycles. The van der Waals surface area contributed by atoms with Gasteiger partial charge in [0.1, 0.15) is 12.1 Å². The van der Waals surface area contributed by atoms with Crippen molar-refractivity contribution in [3.63, 3.8) is 0 Å². The first-order chi connectivity index (χ1) is 15.3. The summed E-state index contributed by atoms with van der Waals surface area (Å²) in [4.78, 5) is 64.4. The first-order valence-corrected chi connectivity index (χ1v) is 10.7. The van der Waals surface area contributed by atoms with Gasteiger partial charge in [-0.2, -0.15) is 0 Å². The van der Waals surface area contributed by atoms with E-state index < -0.39 is 42.3 Å². The van der Waals surface area contributed by atoms with E-state index in [1.807, 2.05) is 0 Å². The molecule has 0 aliphatic carbocycles. The third-order valence-electron chi connectivity index (χ3n) is 4.50. The number of hydrogen-bond donors (Lipinski definition) is 6. The Kier molecular flexibility index (Phi) is 13.8. The number of aliphatic carboxylic acids is 2. The Labute approximate surface area is 193 Å². The summed E-state index contributed by atoms with van der Waals surface area (Å²) >= 11 is 0. The minimum atomic E-state index is -1.48. The minimum Gasteiger partial charge on any atom is -0.481 e. The summed E-state index contributed by atoms with van der Waals surface area (Å²) in [5.74, 6) is -4.61. The zero-order valence-electron chi connectivity index (χ0n) is 19.4. The summed E-state index contributed by atoms with van der Waals surface area (Å²) in [5, 5.41) is 22.9. The van der Waals surface area contributed by atoms with Crippen LogP contribution in [-0.2, 0) is 24.0 Å². The molecule has 0 saturated heterocycles. The van der Waals surface area contributed by atoms with Crippen LogP contribution in [0.3, 0.4) is 0 Å². The molecule has 2 atom stereocenters. The molecule has 0 fully saturated rings. The lowest BCUT2D eigenvalue weighted by Gasteiger charge is -2.23. The predicted molar refractivity (Wildman–Crippen MR) is 120 cm³/mol. The van der Waals surface area contributed by atoms with Crippen LogP contribution >= 0.6 is 0 Å². The van der Waals surface area contributed by atoms with Gasteiger partial charge in [-0.15, -0.1) is 0 Å². The van der Waals surface area contributed by atoms with E-state index in [0.717, 1.165) is 0 Å². The number of carboxylic acids is 2. The predicted octanol–water partition coefficient (Wildman–Crippen LogP) is -1.15.